The molecule has 0 fully saturated rings. The molecule has 1 aliphatic rings. The van der Waals surface area contributed by atoms with Crippen molar-refractivity contribution in [1.29, 1.82) is 0 Å². The molecule has 0 amide bonds. The second-order valence-electron chi connectivity index (χ2n) is 6.90. The third-order valence-corrected chi connectivity index (χ3v) is 6.83. The molecule has 0 aliphatic carbocycles. The van der Waals surface area contributed by atoms with Gasteiger partial charge in [0.05, 0.1) is 18.5 Å². The van der Waals surface area contributed by atoms with Gasteiger partial charge in [-0.3, -0.25) is 0 Å². The molecule has 2 heterocycles. The highest BCUT2D eigenvalue weighted by molar-refractivity contribution is 9.10. The molecule has 5 heteroatoms. The highest BCUT2D eigenvalue weighted by Crippen LogP contribution is 2.46. The quantitative estimate of drug-likeness (QED) is 0.314. The van der Waals surface area contributed by atoms with E-state index in [2.05, 4.69) is 58.4 Å². The van der Waals surface area contributed by atoms with E-state index in [4.69, 9.17) is 14.1 Å². The number of rotatable bonds is 3. The summed E-state index contributed by atoms with van der Waals surface area (Å²) in [6.07, 6.45) is 0.784. The second kappa shape index (κ2) is 7.73. The second-order valence-corrected chi connectivity index (χ2v) is 9.06. The van der Waals surface area contributed by atoms with Gasteiger partial charge in [-0.05, 0) is 54.1 Å². The highest BCUT2D eigenvalue weighted by atomic mass is 79.9. The van der Waals surface area contributed by atoms with Crippen LogP contribution in [0.5, 0.6) is 5.75 Å². The van der Waals surface area contributed by atoms with Gasteiger partial charge < -0.3 is 9.15 Å². The number of hydrogen-bond acceptors (Lipinski definition) is 4. The minimum absolute atomic E-state index is 0.239. The summed E-state index contributed by atoms with van der Waals surface area (Å²) in [6.45, 7) is 0. The van der Waals surface area contributed by atoms with Crippen LogP contribution in [0.4, 0.5) is 5.69 Å². The molecule has 4 aromatic rings. The summed E-state index contributed by atoms with van der Waals surface area (Å²) in [6, 6.07) is 24.8. The Morgan fingerprint density at radius 1 is 1.03 bits per heavy atom. The van der Waals surface area contributed by atoms with Crippen molar-refractivity contribution < 1.29 is 9.15 Å². The fourth-order valence-electron chi connectivity index (χ4n) is 3.53. The number of benzene rings is 3. The van der Waals surface area contributed by atoms with Crippen LogP contribution in [0.2, 0.25) is 0 Å². The van der Waals surface area contributed by atoms with Crippen molar-refractivity contribution in [2.75, 3.05) is 7.11 Å². The molecule has 0 N–H and O–H groups in total. The molecule has 144 valence electrons. The third kappa shape index (κ3) is 3.72. The van der Waals surface area contributed by atoms with Gasteiger partial charge in [-0.25, -0.2) is 4.99 Å². The molecule has 5 rings (SSSR count). The number of fused-ring (bicyclic) bond motifs is 2. The first kappa shape index (κ1) is 18.5. The minimum atomic E-state index is 0.239. The third-order valence-electron chi connectivity index (χ3n) is 5.02. The van der Waals surface area contributed by atoms with Crippen molar-refractivity contribution in [3.63, 3.8) is 0 Å². The first-order valence-corrected chi connectivity index (χ1v) is 11.0. The topological polar surface area (TPSA) is 34.7 Å². The fourth-order valence-corrected chi connectivity index (χ4v) is 5.14. The van der Waals surface area contributed by atoms with Crippen LogP contribution in [-0.4, -0.2) is 12.8 Å². The molecular formula is C24H18BrNO2S. The lowest BCUT2D eigenvalue weighted by Crippen LogP contribution is -2.04. The lowest BCUT2D eigenvalue weighted by atomic mass is 10.0. The Morgan fingerprint density at radius 2 is 1.86 bits per heavy atom. The van der Waals surface area contributed by atoms with E-state index in [1.54, 1.807) is 7.11 Å². The normalized spacial score (nSPS) is 16.2. The molecule has 0 spiro atoms. The van der Waals surface area contributed by atoms with Crippen LogP contribution in [0.25, 0.3) is 11.0 Å². The summed E-state index contributed by atoms with van der Waals surface area (Å²) >= 11 is 5.39. The molecule has 3 nitrogen and oxygen atoms in total. The van der Waals surface area contributed by atoms with Crippen molar-refractivity contribution in [1.82, 2.24) is 0 Å². The Balaban J connectivity index is 1.59. The predicted octanol–water partition coefficient (Wildman–Crippen LogP) is 7.56. The first-order valence-electron chi connectivity index (χ1n) is 9.36. The zero-order valence-electron chi connectivity index (χ0n) is 15.8. The lowest BCUT2D eigenvalue weighted by molar-refractivity contribution is 0.414. The van der Waals surface area contributed by atoms with E-state index >= 15 is 0 Å². The Hall–Kier alpha value is -2.50. The molecule has 1 atom stereocenters. The lowest BCUT2D eigenvalue weighted by Gasteiger charge is -2.16. The summed E-state index contributed by atoms with van der Waals surface area (Å²) in [5, 5.41) is 1.31. The smallest absolute Gasteiger partial charge is 0.149 e. The molecular weight excluding hydrogens is 446 g/mol. The SMILES string of the molecule is COc1ccc(C2CC(c3cc4cc(Br)ccc4o3)=Nc3ccccc3S2)cc1. The van der Waals surface area contributed by atoms with Gasteiger partial charge in [0.25, 0.3) is 0 Å². The predicted molar refractivity (Wildman–Crippen MR) is 123 cm³/mol. The summed E-state index contributed by atoms with van der Waals surface area (Å²) < 4.78 is 12.5. The van der Waals surface area contributed by atoms with Crippen molar-refractivity contribution in [2.45, 2.75) is 16.6 Å². The number of hydrogen-bond donors (Lipinski definition) is 0. The van der Waals surface area contributed by atoms with Crippen molar-refractivity contribution >= 4 is 50.1 Å². The number of ether oxygens (including phenoxy) is 1. The maximum Gasteiger partial charge on any atom is 0.149 e. The molecule has 3 aromatic carbocycles. The van der Waals surface area contributed by atoms with Crippen LogP contribution in [0.3, 0.4) is 0 Å². The maximum atomic E-state index is 6.17. The van der Waals surface area contributed by atoms with Crippen LogP contribution in [0.15, 0.2) is 91.6 Å². The van der Waals surface area contributed by atoms with Crippen LogP contribution in [0.1, 0.15) is 23.0 Å². The van der Waals surface area contributed by atoms with Gasteiger partial charge in [-0.2, -0.15) is 0 Å². The van der Waals surface area contributed by atoms with Crippen LogP contribution < -0.4 is 4.74 Å². The summed E-state index contributed by atoms with van der Waals surface area (Å²) in [5.41, 5.74) is 4.08. The molecule has 1 unspecified atom stereocenters. The Labute approximate surface area is 181 Å². The molecule has 1 aliphatic heterocycles. The van der Waals surface area contributed by atoms with E-state index in [1.807, 2.05) is 42.1 Å². The molecule has 0 radical (unpaired) electrons. The molecule has 29 heavy (non-hydrogen) atoms. The van der Waals surface area contributed by atoms with E-state index in [-0.39, 0.29) is 5.25 Å². The van der Waals surface area contributed by atoms with Gasteiger partial charge in [0.1, 0.15) is 17.1 Å². The summed E-state index contributed by atoms with van der Waals surface area (Å²) in [4.78, 5) is 6.18. The molecule has 0 saturated carbocycles. The van der Waals surface area contributed by atoms with E-state index in [0.717, 1.165) is 44.8 Å². The average Bonchev–Trinajstić information content (AvgIpc) is 3.06. The summed E-state index contributed by atoms with van der Waals surface area (Å²) in [5.74, 6) is 1.69. The number of methoxy groups -OCH3 is 1. The Bertz CT molecular complexity index is 1210. The van der Waals surface area contributed by atoms with Crippen molar-refractivity contribution in [2.24, 2.45) is 4.99 Å². The Morgan fingerprint density at radius 3 is 2.69 bits per heavy atom. The maximum absolute atomic E-state index is 6.17. The minimum Gasteiger partial charge on any atom is -0.497 e. The number of para-hydroxylation sites is 1. The average molecular weight is 464 g/mol. The summed E-state index contributed by atoms with van der Waals surface area (Å²) in [7, 11) is 1.69. The van der Waals surface area contributed by atoms with Crippen LogP contribution in [0, 0.1) is 0 Å². The van der Waals surface area contributed by atoms with Gasteiger partial charge in [-0.15, -0.1) is 11.8 Å². The van der Waals surface area contributed by atoms with Crippen LogP contribution >= 0.6 is 27.7 Å². The highest BCUT2D eigenvalue weighted by Gasteiger charge is 2.24. The van der Waals surface area contributed by atoms with Gasteiger partial charge in [0.2, 0.25) is 0 Å². The van der Waals surface area contributed by atoms with E-state index < -0.39 is 0 Å². The van der Waals surface area contributed by atoms with Crippen molar-refractivity contribution in [3.05, 3.63) is 88.6 Å². The number of nitrogens with zero attached hydrogens (tertiary/aromatic N) is 1. The van der Waals surface area contributed by atoms with Crippen molar-refractivity contribution in [3.8, 4) is 5.75 Å². The number of halogens is 1. The zero-order chi connectivity index (χ0) is 19.8. The standard InChI is InChI=1S/C24H18BrNO2S/c1-27-18-9-6-15(7-10-18)24-14-20(26-19-4-2-3-5-23(19)29-24)22-13-16-12-17(25)8-11-21(16)28-22/h2-13,24H,14H2,1H3. The van der Waals surface area contributed by atoms with E-state index in [1.165, 1.54) is 10.5 Å². The largest absolute Gasteiger partial charge is 0.497 e. The number of furan rings is 1. The monoisotopic (exact) mass is 463 g/mol. The van der Waals surface area contributed by atoms with Gasteiger partial charge >= 0.3 is 0 Å². The number of thioether (sulfide) groups is 1. The van der Waals surface area contributed by atoms with E-state index in [0.29, 0.717) is 0 Å². The van der Waals surface area contributed by atoms with E-state index in [9.17, 15) is 0 Å². The zero-order valence-corrected chi connectivity index (χ0v) is 18.2. The van der Waals surface area contributed by atoms with Crippen LogP contribution in [-0.2, 0) is 0 Å². The molecule has 1 aromatic heterocycles. The first-order chi connectivity index (χ1) is 14.2. The fraction of sp³-hybridized carbons (Fsp3) is 0.125. The molecule has 0 saturated heterocycles. The number of aliphatic imine (C=N–C) groups is 1. The Kier molecular flexibility index (Phi) is 4.94. The van der Waals surface area contributed by atoms with Gasteiger partial charge in [-0.1, -0.05) is 40.2 Å². The van der Waals surface area contributed by atoms with Gasteiger partial charge in [0, 0.05) is 26.4 Å². The van der Waals surface area contributed by atoms with Gasteiger partial charge in [0.15, 0.2) is 0 Å². The molecule has 0 bridgehead atoms.